The molecule has 0 aromatic heterocycles. The first-order valence-electron chi connectivity index (χ1n) is 7.45. The molecule has 2 heterocycles. The lowest BCUT2D eigenvalue weighted by Gasteiger charge is -2.38. The average Bonchev–Trinajstić information content (AvgIpc) is 2.87. The SMILES string of the molecule is CCNC1COCC1C(=O)N1CC(C(N)=O)CCC1C. The quantitative estimate of drug-likeness (QED) is 0.743. The molecule has 2 aliphatic rings. The van der Waals surface area contributed by atoms with Gasteiger partial charge in [0.25, 0.3) is 0 Å². The van der Waals surface area contributed by atoms with Gasteiger partial charge in [0.05, 0.1) is 25.0 Å². The number of primary amides is 1. The van der Waals surface area contributed by atoms with E-state index in [2.05, 4.69) is 5.32 Å². The second-order valence-electron chi connectivity index (χ2n) is 5.82. The molecule has 4 unspecified atom stereocenters. The zero-order valence-electron chi connectivity index (χ0n) is 12.3. The molecule has 0 spiro atoms. The van der Waals surface area contributed by atoms with Gasteiger partial charge in [0.2, 0.25) is 11.8 Å². The number of hydrogen-bond acceptors (Lipinski definition) is 4. The van der Waals surface area contributed by atoms with E-state index < -0.39 is 0 Å². The van der Waals surface area contributed by atoms with Crippen LogP contribution in [-0.2, 0) is 14.3 Å². The molecule has 6 nitrogen and oxygen atoms in total. The van der Waals surface area contributed by atoms with Gasteiger partial charge in [-0.25, -0.2) is 0 Å². The number of likely N-dealkylation sites (tertiary alicyclic amines) is 1. The maximum absolute atomic E-state index is 12.7. The molecule has 2 aliphatic heterocycles. The zero-order chi connectivity index (χ0) is 14.7. The van der Waals surface area contributed by atoms with Gasteiger partial charge < -0.3 is 20.7 Å². The lowest BCUT2D eigenvalue weighted by atomic mass is 9.91. The summed E-state index contributed by atoms with van der Waals surface area (Å²) in [6.45, 7) is 6.36. The molecule has 20 heavy (non-hydrogen) atoms. The van der Waals surface area contributed by atoms with Crippen molar-refractivity contribution < 1.29 is 14.3 Å². The highest BCUT2D eigenvalue weighted by atomic mass is 16.5. The molecule has 2 fully saturated rings. The number of nitrogens with zero attached hydrogens (tertiary/aromatic N) is 1. The summed E-state index contributed by atoms with van der Waals surface area (Å²) in [4.78, 5) is 25.9. The number of carbonyl (C=O) groups excluding carboxylic acids is 2. The van der Waals surface area contributed by atoms with Gasteiger partial charge in [0.15, 0.2) is 0 Å². The van der Waals surface area contributed by atoms with Crippen molar-refractivity contribution in [1.29, 1.82) is 0 Å². The molecule has 4 atom stereocenters. The number of ether oxygens (including phenoxy) is 1. The molecule has 2 amide bonds. The fourth-order valence-electron chi connectivity index (χ4n) is 3.12. The summed E-state index contributed by atoms with van der Waals surface area (Å²) in [5.41, 5.74) is 5.39. The van der Waals surface area contributed by atoms with Crippen LogP contribution in [-0.4, -0.2) is 55.1 Å². The van der Waals surface area contributed by atoms with Crippen molar-refractivity contribution >= 4 is 11.8 Å². The fraction of sp³-hybridized carbons (Fsp3) is 0.857. The fourth-order valence-corrected chi connectivity index (χ4v) is 3.12. The highest BCUT2D eigenvalue weighted by Crippen LogP contribution is 2.26. The maximum atomic E-state index is 12.7. The monoisotopic (exact) mass is 283 g/mol. The lowest BCUT2D eigenvalue weighted by Crippen LogP contribution is -2.53. The largest absolute Gasteiger partial charge is 0.379 e. The van der Waals surface area contributed by atoms with E-state index in [0.717, 1.165) is 19.4 Å². The van der Waals surface area contributed by atoms with E-state index in [1.807, 2.05) is 18.7 Å². The molecule has 0 bridgehead atoms. The van der Waals surface area contributed by atoms with Crippen LogP contribution in [0.15, 0.2) is 0 Å². The predicted octanol–water partition coefficient (Wildman–Crippen LogP) is -0.277. The van der Waals surface area contributed by atoms with Crippen molar-refractivity contribution in [3.8, 4) is 0 Å². The molecule has 2 rings (SSSR count). The average molecular weight is 283 g/mol. The Morgan fingerprint density at radius 3 is 2.75 bits per heavy atom. The first kappa shape index (κ1) is 15.3. The van der Waals surface area contributed by atoms with Crippen LogP contribution in [0.3, 0.4) is 0 Å². The van der Waals surface area contributed by atoms with E-state index in [1.165, 1.54) is 0 Å². The Hall–Kier alpha value is -1.14. The summed E-state index contributed by atoms with van der Waals surface area (Å²) in [5, 5.41) is 3.30. The standard InChI is InChI=1S/C14H25N3O3/c1-3-16-12-8-20-7-11(12)14(19)17-6-10(13(15)18)5-4-9(17)2/h9-12,16H,3-8H2,1-2H3,(H2,15,18). The molecule has 0 aliphatic carbocycles. The van der Waals surface area contributed by atoms with E-state index in [1.54, 1.807) is 0 Å². The van der Waals surface area contributed by atoms with E-state index in [4.69, 9.17) is 10.5 Å². The lowest BCUT2D eigenvalue weighted by molar-refractivity contribution is -0.142. The van der Waals surface area contributed by atoms with E-state index >= 15 is 0 Å². The molecular formula is C14H25N3O3. The van der Waals surface area contributed by atoms with E-state index in [-0.39, 0.29) is 35.7 Å². The normalized spacial score (nSPS) is 34.2. The third-order valence-electron chi connectivity index (χ3n) is 4.43. The topological polar surface area (TPSA) is 84.7 Å². The van der Waals surface area contributed by atoms with E-state index in [9.17, 15) is 9.59 Å². The number of carbonyl (C=O) groups is 2. The van der Waals surface area contributed by atoms with Crippen molar-refractivity contribution in [1.82, 2.24) is 10.2 Å². The van der Waals surface area contributed by atoms with Crippen molar-refractivity contribution in [2.45, 2.75) is 38.8 Å². The highest BCUT2D eigenvalue weighted by molar-refractivity contribution is 5.82. The smallest absolute Gasteiger partial charge is 0.229 e. The summed E-state index contributed by atoms with van der Waals surface area (Å²) in [6, 6.07) is 0.245. The summed E-state index contributed by atoms with van der Waals surface area (Å²) >= 11 is 0. The van der Waals surface area contributed by atoms with Crippen LogP contribution in [0, 0.1) is 11.8 Å². The molecule has 0 aromatic rings. The molecule has 114 valence electrons. The van der Waals surface area contributed by atoms with Gasteiger partial charge in [-0.05, 0) is 26.3 Å². The van der Waals surface area contributed by atoms with Gasteiger partial charge in [-0.2, -0.15) is 0 Å². The number of piperidine rings is 1. The van der Waals surface area contributed by atoms with Gasteiger partial charge in [-0.1, -0.05) is 6.92 Å². The minimum absolute atomic E-state index is 0.0775. The second kappa shape index (κ2) is 6.54. The molecule has 2 saturated heterocycles. The first-order valence-corrected chi connectivity index (χ1v) is 7.45. The van der Waals surface area contributed by atoms with Crippen LogP contribution >= 0.6 is 0 Å². The number of amides is 2. The maximum Gasteiger partial charge on any atom is 0.229 e. The first-order chi connectivity index (χ1) is 9.54. The number of nitrogens with one attached hydrogen (secondary N) is 1. The van der Waals surface area contributed by atoms with Gasteiger partial charge >= 0.3 is 0 Å². The molecule has 6 heteroatoms. The Bertz CT molecular complexity index is 375. The second-order valence-corrected chi connectivity index (χ2v) is 5.82. The summed E-state index contributed by atoms with van der Waals surface area (Å²) < 4.78 is 5.44. The van der Waals surface area contributed by atoms with Crippen LogP contribution in [0.5, 0.6) is 0 Å². The van der Waals surface area contributed by atoms with Crippen molar-refractivity contribution in [2.75, 3.05) is 26.3 Å². The van der Waals surface area contributed by atoms with Crippen LogP contribution < -0.4 is 11.1 Å². The Balaban J connectivity index is 2.04. The Morgan fingerprint density at radius 2 is 2.10 bits per heavy atom. The van der Waals surface area contributed by atoms with E-state index in [0.29, 0.717) is 19.8 Å². The molecule has 0 saturated carbocycles. The summed E-state index contributed by atoms with van der Waals surface area (Å²) in [5.74, 6) is -0.577. The van der Waals surface area contributed by atoms with Gasteiger partial charge in [0, 0.05) is 18.6 Å². The molecular weight excluding hydrogens is 258 g/mol. The summed E-state index contributed by atoms with van der Waals surface area (Å²) in [7, 11) is 0. The number of hydrogen-bond donors (Lipinski definition) is 2. The minimum Gasteiger partial charge on any atom is -0.379 e. The third-order valence-corrected chi connectivity index (χ3v) is 4.43. The Morgan fingerprint density at radius 1 is 1.35 bits per heavy atom. The molecule has 0 radical (unpaired) electrons. The summed E-state index contributed by atoms with van der Waals surface area (Å²) in [6.07, 6.45) is 1.61. The van der Waals surface area contributed by atoms with Crippen molar-refractivity contribution in [3.05, 3.63) is 0 Å². The highest BCUT2D eigenvalue weighted by Gasteiger charge is 2.40. The zero-order valence-corrected chi connectivity index (χ0v) is 12.3. The third kappa shape index (κ3) is 3.12. The Labute approximate surface area is 120 Å². The number of likely N-dealkylation sites (N-methyl/N-ethyl adjacent to an activating group) is 1. The number of rotatable bonds is 4. The van der Waals surface area contributed by atoms with Crippen LogP contribution in [0.25, 0.3) is 0 Å². The predicted molar refractivity (Wildman–Crippen MR) is 74.9 cm³/mol. The van der Waals surface area contributed by atoms with Gasteiger partial charge in [0.1, 0.15) is 0 Å². The van der Waals surface area contributed by atoms with Crippen LogP contribution in [0.4, 0.5) is 0 Å². The van der Waals surface area contributed by atoms with Crippen LogP contribution in [0.1, 0.15) is 26.7 Å². The molecule has 3 N–H and O–H groups in total. The number of nitrogens with two attached hydrogens (primary N) is 1. The minimum atomic E-state index is -0.305. The van der Waals surface area contributed by atoms with Crippen molar-refractivity contribution in [2.24, 2.45) is 17.6 Å². The molecule has 0 aromatic carbocycles. The Kier molecular flexibility index (Phi) is 4.99. The van der Waals surface area contributed by atoms with Crippen LogP contribution in [0.2, 0.25) is 0 Å². The van der Waals surface area contributed by atoms with Crippen molar-refractivity contribution in [3.63, 3.8) is 0 Å². The van der Waals surface area contributed by atoms with Gasteiger partial charge in [-0.15, -0.1) is 0 Å². The van der Waals surface area contributed by atoms with Gasteiger partial charge in [-0.3, -0.25) is 9.59 Å².